The maximum Gasteiger partial charge on any atom is 0.164 e. The molecule has 0 atom stereocenters. The van der Waals surface area contributed by atoms with Crippen LogP contribution in [0.2, 0.25) is 0 Å². The molecule has 0 unspecified atom stereocenters. The van der Waals surface area contributed by atoms with Gasteiger partial charge in [0.2, 0.25) is 0 Å². The third kappa shape index (κ3) is 3.34. The maximum absolute atomic E-state index is 4.29. The highest BCUT2D eigenvalue weighted by molar-refractivity contribution is 5.85. The quantitative estimate of drug-likeness (QED) is 0.702. The number of nitrogens with one attached hydrogen (secondary N) is 1. The molecule has 0 fully saturated rings. The molecule has 0 spiro atoms. The Bertz CT molecular complexity index is 716. The summed E-state index contributed by atoms with van der Waals surface area (Å²) in [7, 11) is 1.94. The van der Waals surface area contributed by atoms with Crippen molar-refractivity contribution in [3.63, 3.8) is 0 Å². The van der Waals surface area contributed by atoms with Gasteiger partial charge in [-0.25, -0.2) is 15.0 Å². The number of hydrogen-bond donors (Lipinski definition) is 1. The van der Waals surface area contributed by atoms with Crippen LogP contribution in [0.4, 0.5) is 5.82 Å². The smallest absolute Gasteiger partial charge is 0.164 e. The highest BCUT2D eigenvalue weighted by Crippen LogP contribution is 2.16. The van der Waals surface area contributed by atoms with Crippen molar-refractivity contribution in [1.82, 2.24) is 24.7 Å². The highest BCUT2D eigenvalue weighted by Gasteiger charge is 2.03. The lowest BCUT2D eigenvalue weighted by Gasteiger charge is -2.07. The summed E-state index contributed by atoms with van der Waals surface area (Å²) in [6.07, 6.45) is 10.6. The van der Waals surface area contributed by atoms with Gasteiger partial charge < -0.3 is 5.32 Å². The first-order chi connectivity index (χ1) is 10.3. The molecule has 0 amide bonds. The van der Waals surface area contributed by atoms with Crippen molar-refractivity contribution in [3.8, 4) is 0 Å². The Morgan fingerprint density at radius 2 is 2.14 bits per heavy atom. The molecule has 108 valence electrons. The zero-order valence-electron chi connectivity index (χ0n) is 12.0. The normalized spacial score (nSPS) is 10.9. The van der Waals surface area contributed by atoms with Crippen molar-refractivity contribution in [1.29, 1.82) is 0 Å². The molecule has 0 aromatic carbocycles. The van der Waals surface area contributed by atoms with Gasteiger partial charge in [-0.3, -0.25) is 4.68 Å². The van der Waals surface area contributed by atoms with E-state index in [-0.39, 0.29) is 0 Å². The molecule has 3 aromatic rings. The van der Waals surface area contributed by atoms with Crippen molar-refractivity contribution in [2.75, 3.05) is 11.9 Å². The molecule has 0 saturated carbocycles. The first-order valence-electron chi connectivity index (χ1n) is 7.10. The van der Waals surface area contributed by atoms with E-state index in [1.54, 1.807) is 12.5 Å². The number of pyridine rings is 1. The molecule has 6 heteroatoms. The zero-order valence-corrected chi connectivity index (χ0v) is 12.0. The molecule has 0 bridgehead atoms. The van der Waals surface area contributed by atoms with Gasteiger partial charge in [-0.2, -0.15) is 5.10 Å². The second-order valence-corrected chi connectivity index (χ2v) is 5.00. The van der Waals surface area contributed by atoms with E-state index in [0.717, 1.165) is 42.7 Å². The lowest BCUT2D eigenvalue weighted by atomic mass is 10.1. The zero-order chi connectivity index (χ0) is 14.5. The van der Waals surface area contributed by atoms with Crippen LogP contribution in [0.1, 0.15) is 18.4 Å². The summed E-state index contributed by atoms with van der Waals surface area (Å²) < 4.78 is 1.84. The highest BCUT2D eigenvalue weighted by atomic mass is 15.2. The fourth-order valence-electron chi connectivity index (χ4n) is 2.30. The molecular formula is C15H18N6. The van der Waals surface area contributed by atoms with E-state index in [0.29, 0.717) is 0 Å². The monoisotopic (exact) mass is 282 g/mol. The van der Waals surface area contributed by atoms with E-state index in [1.807, 2.05) is 30.1 Å². The van der Waals surface area contributed by atoms with Crippen LogP contribution < -0.4 is 5.32 Å². The van der Waals surface area contributed by atoms with Gasteiger partial charge in [0, 0.05) is 26.0 Å². The average Bonchev–Trinajstić information content (AvgIpc) is 2.92. The van der Waals surface area contributed by atoms with Gasteiger partial charge in [0.05, 0.1) is 11.6 Å². The molecular weight excluding hydrogens is 264 g/mol. The Labute approximate surface area is 123 Å². The molecule has 3 heterocycles. The minimum absolute atomic E-state index is 0.727. The average molecular weight is 282 g/mol. The SMILES string of the molecule is Cn1cc(CCCCNc2ncnc3ncccc23)cn1. The van der Waals surface area contributed by atoms with Crippen LogP contribution in [0.3, 0.4) is 0 Å². The summed E-state index contributed by atoms with van der Waals surface area (Å²) in [4.78, 5) is 12.7. The molecule has 3 rings (SSSR count). The fraction of sp³-hybridized carbons (Fsp3) is 0.333. The number of anilines is 1. The summed E-state index contributed by atoms with van der Waals surface area (Å²) in [6.45, 7) is 0.890. The van der Waals surface area contributed by atoms with Gasteiger partial charge >= 0.3 is 0 Å². The van der Waals surface area contributed by atoms with E-state index in [4.69, 9.17) is 0 Å². The van der Waals surface area contributed by atoms with Crippen LogP contribution in [0.25, 0.3) is 11.0 Å². The number of hydrogen-bond acceptors (Lipinski definition) is 5. The van der Waals surface area contributed by atoms with E-state index in [9.17, 15) is 0 Å². The first kappa shape index (κ1) is 13.5. The molecule has 0 aliphatic heterocycles. The van der Waals surface area contributed by atoms with Gasteiger partial charge in [-0.1, -0.05) is 0 Å². The number of aryl methyl sites for hydroxylation is 2. The predicted molar refractivity (Wildman–Crippen MR) is 82.0 cm³/mol. The molecule has 3 aromatic heterocycles. The minimum Gasteiger partial charge on any atom is -0.369 e. The van der Waals surface area contributed by atoms with Gasteiger partial charge in [0.15, 0.2) is 5.65 Å². The third-order valence-corrected chi connectivity index (χ3v) is 3.35. The summed E-state index contributed by atoms with van der Waals surface area (Å²) >= 11 is 0. The summed E-state index contributed by atoms with van der Waals surface area (Å²) in [5.74, 6) is 0.856. The number of unbranched alkanes of at least 4 members (excludes halogenated alkanes) is 1. The summed E-state index contributed by atoms with van der Waals surface area (Å²) in [5.41, 5.74) is 2.01. The van der Waals surface area contributed by atoms with Crippen molar-refractivity contribution in [2.45, 2.75) is 19.3 Å². The van der Waals surface area contributed by atoms with Gasteiger partial charge in [0.1, 0.15) is 12.1 Å². The summed E-state index contributed by atoms with van der Waals surface area (Å²) in [5, 5.41) is 8.51. The van der Waals surface area contributed by atoms with Crippen LogP contribution in [0, 0.1) is 0 Å². The number of rotatable bonds is 6. The molecule has 0 aliphatic rings. The van der Waals surface area contributed by atoms with Crippen molar-refractivity contribution < 1.29 is 0 Å². The second-order valence-electron chi connectivity index (χ2n) is 5.00. The van der Waals surface area contributed by atoms with E-state index in [2.05, 4.69) is 31.6 Å². The van der Waals surface area contributed by atoms with E-state index in [1.165, 1.54) is 5.56 Å². The fourth-order valence-corrected chi connectivity index (χ4v) is 2.30. The molecule has 0 aliphatic carbocycles. The number of nitrogens with zero attached hydrogens (tertiary/aromatic N) is 5. The second kappa shape index (κ2) is 6.30. The Hall–Kier alpha value is -2.50. The van der Waals surface area contributed by atoms with Gasteiger partial charge in [0.25, 0.3) is 0 Å². The van der Waals surface area contributed by atoms with Crippen LogP contribution >= 0.6 is 0 Å². The number of aromatic nitrogens is 5. The Balaban J connectivity index is 1.50. The molecule has 0 saturated heterocycles. The summed E-state index contributed by atoms with van der Waals surface area (Å²) in [6, 6.07) is 3.89. The molecule has 0 radical (unpaired) electrons. The van der Waals surface area contributed by atoms with Gasteiger partial charge in [-0.15, -0.1) is 0 Å². The van der Waals surface area contributed by atoms with Crippen LogP contribution in [0.5, 0.6) is 0 Å². The topological polar surface area (TPSA) is 68.5 Å². The lowest BCUT2D eigenvalue weighted by Crippen LogP contribution is -2.05. The van der Waals surface area contributed by atoms with Crippen LogP contribution in [-0.2, 0) is 13.5 Å². The standard InChI is InChI=1S/C15H18N6/c1-21-10-12(9-20-21)5-2-3-7-16-14-13-6-4-8-17-15(13)19-11-18-14/h4,6,8-11H,2-3,5,7H2,1H3,(H,16,17,18,19). The number of fused-ring (bicyclic) bond motifs is 1. The largest absolute Gasteiger partial charge is 0.369 e. The Morgan fingerprint density at radius 3 is 3.00 bits per heavy atom. The molecule has 21 heavy (non-hydrogen) atoms. The van der Waals surface area contributed by atoms with Crippen LogP contribution in [0.15, 0.2) is 37.1 Å². The van der Waals surface area contributed by atoms with Crippen molar-refractivity contribution >= 4 is 16.9 Å². The Morgan fingerprint density at radius 1 is 1.19 bits per heavy atom. The van der Waals surface area contributed by atoms with Crippen molar-refractivity contribution in [2.24, 2.45) is 7.05 Å². The minimum atomic E-state index is 0.727. The van der Waals surface area contributed by atoms with Crippen molar-refractivity contribution in [3.05, 3.63) is 42.6 Å². The predicted octanol–water partition coefficient (Wildman–Crippen LogP) is 2.19. The first-order valence-corrected chi connectivity index (χ1v) is 7.10. The molecule has 6 nitrogen and oxygen atoms in total. The van der Waals surface area contributed by atoms with E-state index >= 15 is 0 Å². The third-order valence-electron chi connectivity index (χ3n) is 3.35. The van der Waals surface area contributed by atoms with E-state index < -0.39 is 0 Å². The van der Waals surface area contributed by atoms with Gasteiger partial charge in [-0.05, 0) is 37.0 Å². The maximum atomic E-state index is 4.29. The lowest BCUT2D eigenvalue weighted by molar-refractivity contribution is 0.753. The Kier molecular flexibility index (Phi) is 4.04. The molecule has 1 N–H and O–H groups in total. The van der Waals surface area contributed by atoms with Crippen LogP contribution in [-0.4, -0.2) is 31.3 Å².